The number of H-pyrrole nitrogens is 1. The maximum atomic E-state index is 11.5. The lowest BCUT2D eigenvalue weighted by Crippen LogP contribution is -2.14. The summed E-state index contributed by atoms with van der Waals surface area (Å²) >= 11 is 0. The highest BCUT2D eigenvalue weighted by Gasteiger charge is 2.11. The molecule has 0 fully saturated rings. The predicted molar refractivity (Wildman–Crippen MR) is 71.1 cm³/mol. The van der Waals surface area contributed by atoms with Gasteiger partial charge in [0.25, 0.3) is 5.56 Å². The Labute approximate surface area is 106 Å². The van der Waals surface area contributed by atoms with Crippen LogP contribution in [0.4, 0.5) is 0 Å². The van der Waals surface area contributed by atoms with Crippen LogP contribution in [-0.2, 0) is 0 Å². The second kappa shape index (κ2) is 4.64. The molecule has 0 aliphatic heterocycles. The lowest BCUT2D eigenvalue weighted by Gasteiger charge is -2.10. The highest BCUT2D eigenvalue weighted by Crippen LogP contribution is 2.27. The Morgan fingerprint density at radius 1 is 1.17 bits per heavy atom. The SMILES string of the molecule is COc1ccc(-c2n[nH]c(=O)c(C)c2C)c(C)c1. The number of aromatic nitrogens is 2. The molecule has 0 aliphatic rings. The molecule has 0 radical (unpaired) electrons. The van der Waals surface area contributed by atoms with Gasteiger partial charge in [-0.1, -0.05) is 0 Å². The van der Waals surface area contributed by atoms with E-state index in [-0.39, 0.29) is 5.56 Å². The third-order valence-electron chi connectivity index (χ3n) is 3.22. The van der Waals surface area contributed by atoms with E-state index in [9.17, 15) is 4.79 Å². The molecule has 1 heterocycles. The largest absolute Gasteiger partial charge is 0.497 e. The molecule has 4 heteroatoms. The summed E-state index contributed by atoms with van der Waals surface area (Å²) in [4.78, 5) is 11.5. The van der Waals surface area contributed by atoms with Gasteiger partial charge < -0.3 is 4.74 Å². The second-order valence-electron chi connectivity index (χ2n) is 4.33. The van der Waals surface area contributed by atoms with Gasteiger partial charge in [-0.3, -0.25) is 4.79 Å². The number of ether oxygens (including phenoxy) is 1. The molecule has 0 saturated carbocycles. The van der Waals surface area contributed by atoms with E-state index < -0.39 is 0 Å². The van der Waals surface area contributed by atoms with Gasteiger partial charge in [-0.15, -0.1) is 0 Å². The summed E-state index contributed by atoms with van der Waals surface area (Å²) in [5.74, 6) is 0.815. The van der Waals surface area contributed by atoms with Crippen molar-refractivity contribution in [1.82, 2.24) is 10.2 Å². The van der Waals surface area contributed by atoms with Crippen molar-refractivity contribution in [3.63, 3.8) is 0 Å². The van der Waals surface area contributed by atoms with E-state index in [2.05, 4.69) is 10.2 Å². The fourth-order valence-corrected chi connectivity index (χ4v) is 1.91. The number of hydrogen-bond acceptors (Lipinski definition) is 3. The van der Waals surface area contributed by atoms with Crippen molar-refractivity contribution in [2.45, 2.75) is 20.8 Å². The topological polar surface area (TPSA) is 55.0 Å². The summed E-state index contributed by atoms with van der Waals surface area (Å²) in [6.45, 7) is 5.72. The molecule has 2 rings (SSSR count). The van der Waals surface area contributed by atoms with E-state index in [1.165, 1.54) is 0 Å². The number of nitrogens with zero attached hydrogens (tertiary/aromatic N) is 1. The number of benzene rings is 1. The van der Waals surface area contributed by atoms with Gasteiger partial charge in [-0.25, -0.2) is 5.10 Å². The van der Waals surface area contributed by atoms with E-state index in [1.54, 1.807) is 14.0 Å². The van der Waals surface area contributed by atoms with Crippen molar-refractivity contribution in [3.8, 4) is 17.0 Å². The molecule has 4 nitrogen and oxygen atoms in total. The minimum atomic E-state index is -0.137. The number of methoxy groups -OCH3 is 1. The van der Waals surface area contributed by atoms with Crippen molar-refractivity contribution in [3.05, 3.63) is 45.2 Å². The first-order chi connectivity index (χ1) is 8.54. The van der Waals surface area contributed by atoms with Crippen molar-refractivity contribution in [1.29, 1.82) is 0 Å². The summed E-state index contributed by atoms with van der Waals surface area (Å²) < 4.78 is 5.18. The summed E-state index contributed by atoms with van der Waals surface area (Å²) in [7, 11) is 1.64. The van der Waals surface area contributed by atoms with Gasteiger partial charge in [-0.2, -0.15) is 5.10 Å². The first-order valence-electron chi connectivity index (χ1n) is 5.75. The minimum absolute atomic E-state index is 0.137. The maximum Gasteiger partial charge on any atom is 0.267 e. The smallest absolute Gasteiger partial charge is 0.267 e. The van der Waals surface area contributed by atoms with Gasteiger partial charge >= 0.3 is 0 Å². The highest BCUT2D eigenvalue weighted by atomic mass is 16.5. The van der Waals surface area contributed by atoms with Crippen LogP contribution in [0.2, 0.25) is 0 Å². The average molecular weight is 244 g/mol. The first-order valence-corrected chi connectivity index (χ1v) is 5.75. The highest BCUT2D eigenvalue weighted by molar-refractivity contribution is 5.67. The Kier molecular flexibility index (Phi) is 3.19. The summed E-state index contributed by atoms with van der Waals surface area (Å²) in [6.07, 6.45) is 0. The second-order valence-corrected chi connectivity index (χ2v) is 4.33. The van der Waals surface area contributed by atoms with E-state index >= 15 is 0 Å². The van der Waals surface area contributed by atoms with Crippen molar-refractivity contribution in [2.75, 3.05) is 7.11 Å². The van der Waals surface area contributed by atoms with Crippen LogP contribution >= 0.6 is 0 Å². The van der Waals surface area contributed by atoms with Crippen molar-refractivity contribution >= 4 is 0 Å². The van der Waals surface area contributed by atoms with Gasteiger partial charge in [0.05, 0.1) is 12.8 Å². The fourth-order valence-electron chi connectivity index (χ4n) is 1.91. The third-order valence-corrected chi connectivity index (χ3v) is 3.22. The molecule has 1 N–H and O–H groups in total. The van der Waals surface area contributed by atoms with Gasteiger partial charge in [0.2, 0.25) is 0 Å². The Balaban J connectivity index is 2.63. The molecule has 0 amide bonds. The monoisotopic (exact) mass is 244 g/mol. The van der Waals surface area contributed by atoms with Gasteiger partial charge in [-0.05, 0) is 50.1 Å². The molecule has 18 heavy (non-hydrogen) atoms. The molecule has 0 bridgehead atoms. The molecular weight excluding hydrogens is 228 g/mol. The van der Waals surface area contributed by atoms with E-state index in [0.29, 0.717) is 5.56 Å². The number of rotatable bonds is 2. The Morgan fingerprint density at radius 3 is 2.50 bits per heavy atom. The van der Waals surface area contributed by atoms with Crippen molar-refractivity contribution in [2.24, 2.45) is 0 Å². The number of aryl methyl sites for hydroxylation is 1. The van der Waals surface area contributed by atoms with Gasteiger partial charge in [0.15, 0.2) is 0 Å². The minimum Gasteiger partial charge on any atom is -0.497 e. The summed E-state index contributed by atoms with van der Waals surface area (Å²) in [5.41, 5.74) is 4.36. The van der Waals surface area contributed by atoms with Crippen LogP contribution < -0.4 is 10.3 Å². The molecule has 0 spiro atoms. The third kappa shape index (κ3) is 2.01. The van der Waals surface area contributed by atoms with E-state index in [1.807, 2.05) is 32.0 Å². The van der Waals surface area contributed by atoms with Crippen LogP contribution in [0, 0.1) is 20.8 Å². The van der Waals surface area contributed by atoms with E-state index in [4.69, 9.17) is 4.74 Å². The zero-order chi connectivity index (χ0) is 13.3. The van der Waals surface area contributed by atoms with Crippen LogP contribution in [0.1, 0.15) is 16.7 Å². The Bertz CT molecular complexity index is 645. The fraction of sp³-hybridized carbons (Fsp3) is 0.286. The number of hydrogen-bond donors (Lipinski definition) is 1. The molecule has 1 aromatic heterocycles. The maximum absolute atomic E-state index is 11.5. The van der Waals surface area contributed by atoms with Crippen LogP contribution in [0.15, 0.2) is 23.0 Å². The summed E-state index contributed by atoms with van der Waals surface area (Å²) in [6, 6.07) is 5.81. The molecule has 94 valence electrons. The van der Waals surface area contributed by atoms with Gasteiger partial charge in [0.1, 0.15) is 5.75 Å². The number of nitrogens with one attached hydrogen (secondary N) is 1. The van der Waals surface area contributed by atoms with Gasteiger partial charge in [0, 0.05) is 11.1 Å². The number of aromatic amines is 1. The average Bonchev–Trinajstić information content (AvgIpc) is 2.37. The Hall–Kier alpha value is -2.10. The van der Waals surface area contributed by atoms with Crippen LogP contribution in [0.3, 0.4) is 0 Å². The molecule has 0 saturated heterocycles. The molecule has 1 aromatic carbocycles. The lowest BCUT2D eigenvalue weighted by atomic mass is 10.00. The predicted octanol–water partition coefficient (Wildman–Crippen LogP) is 2.37. The molecular formula is C14H16N2O2. The normalized spacial score (nSPS) is 10.4. The quantitative estimate of drug-likeness (QED) is 0.882. The van der Waals surface area contributed by atoms with Crippen LogP contribution in [-0.4, -0.2) is 17.3 Å². The molecule has 0 atom stereocenters. The zero-order valence-corrected chi connectivity index (χ0v) is 11.0. The standard InChI is InChI=1S/C14H16N2O2/c1-8-7-11(18-4)5-6-12(8)13-9(2)10(3)14(17)16-15-13/h5-7H,1-4H3,(H,16,17). The van der Waals surface area contributed by atoms with Crippen LogP contribution in [0.5, 0.6) is 5.75 Å². The van der Waals surface area contributed by atoms with E-state index in [0.717, 1.165) is 28.1 Å². The summed E-state index contributed by atoms with van der Waals surface area (Å²) in [5, 5.41) is 6.67. The molecule has 0 aliphatic carbocycles. The lowest BCUT2D eigenvalue weighted by molar-refractivity contribution is 0.414. The Morgan fingerprint density at radius 2 is 1.89 bits per heavy atom. The zero-order valence-electron chi connectivity index (χ0n) is 11.0. The molecule has 0 unspecified atom stereocenters. The van der Waals surface area contributed by atoms with Crippen molar-refractivity contribution < 1.29 is 4.74 Å². The van der Waals surface area contributed by atoms with Crippen LogP contribution in [0.25, 0.3) is 11.3 Å². The first kappa shape index (κ1) is 12.4. The molecule has 2 aromatic rings.